The molecule has 1 saturated carbocycles. The number of hydrogen-bond acceptors (Lipinski definition) is 4. The van der Waals surface area contributed by atoms with E-state index in [0.717, 1.165) is 56.8 Å². The van der Waals surface area contributed by atoms with E-state index in [-0.39, 0.29) is 0 Å². The summed E-state index contributed by atoms with van der Waals surface area (Å²) in [5, 5.41) is 9.98. The summed E-state index contributed by atoms with van der Waals surface area (Å²) < 4.78 is 10.7. The van der Waals surface area contributed by atoms with Crippen LogP contribution in [-0.4, -0.2) is 52.5 Å². The molecule has 1 fully saturated rings. The molecular formula is C20H34N4O2. The van der Waals surface area contributed by atoms with Gasteiger partial charge in [-0.1, -0.05) is 12.1 Å². The molecule has 0 amide bonds. The standard InChI is InChI=1S/C20H34N4O2/c1-3-21-20(23-11-4-13-26-16-18-5-6-18)24-15-17-7-9-19(10-8-17)22-12-14-25-2/h7-10,18,22H,3-6,11-16H2,1-2H3,(H2,21,23,24). The molecule has 3 N–H and O–H groups in total. The molecule has 26 heavy (non-hydrogen) atoms. The third-order valence-corrected chi connectivity index (χ3v) is 4.16. The number of methoxy groups -OCH3 is 1. The Labute approximate surface area is 157 Å². The molecule has 6 heteroatoms. The Morgan fingerprint density at radius 2 is 1.92 bits per heavy atom. The van der Waals surface area contributed by atoms with Crippen molar-refractivity contribution >= 4 is 11.6 Å². The molecule has 1 aliphatic carbocycles. The molecule has 1 aliphatic rings. The molecule has 1 aromatic carbocycles. The fourth-order valence-electron chi connectivity index (χ4n) is 2.45. The van der Waals surface area contributed by atoms with Crippen molar-refractivity contribution in [3.8, 4) is 0 Å². The van der Waals surface area contributed by atoms with Gasteiger partial charge in [0.2, 0.25) is 0 Å². The Balaban J connectivity index is 1.67. The lowest BCUT2D eigenvalue weighted by molar-refractivity contribution is 0.123. The van der Waals surface area contributed by atoms with Gasteiger partial charge in [-0.3, -0.25) is 0 Å². The van der Waals surface area contributed by atoms with E-state index in [2.05, 4.69) is 52.1 Å². The molecule has 6 nitrogen and oxygen atoms in total. The van der Waals surface area contributed by atoms with Crippen molar-refractivity contribution in [1.29, 1.82) is 0 Å². The lowest BCUT2D eigenvalue weighted by Gasteiger charge is -2.11. The van der Waals surface area contributed by atoms with Gasteiger partial charge in [-0.15, -0.1) is 0 Å². The van der Waals surface area contributed by atoms with Crippen molar-refractivity contribution in [2.24, 2.45) is 10.9 Å². The first-order valence-corrected chi connectivity index (χ1v) is 9.73. The van der Waals surface area contributed by atoms with E-state index < -0.39 is 0 Å². The third-order valence-electron chi connectivity index (χ3n) is 4.16. The highest BCUT2D eigenvalue weighted by atomic mass is 16.5. The number of nitrogens with one attached hydrogen (secondary N) is 3. The first kappa shape index (κ1) is 20.5. The van der Waals surface area contributed by atoms with Crippen LogP contribution < -0.4 is 16.0 Å². The van der Waals surface area contributed by atoms with Gasteiger partial charge in [0.25, 0.3) is 0 Å². The van der Waals surface area contributed by atoms with Crippen LogP contribution in [0.4, 0.5) is 5.69 Å². The number of anilines is 1. The van der Waals surface area contributed by atoms with Crippen LogP contribution in [0.25, 0.3) is 0 Å². The Morgan fingerprint density at radius 3 is 2.62 bits per heavy atom. The summed E-state index contributed by atoms with van der Waals surface area (Å²) >= 11 is 0. The summed E-state index contributed by atoms with van der Waals surface area (Å²) in [6, 6.07) is 8.37. The van der Waals surface area contributed by atoms with Crippen LogP contribution in [0, 0.1) is 5.92 Å². The smallest absolute Gasteiger partial charge is 0.191 e. The average molecular weight is 363 g/mol. The number of ether oxygens (including phenoxy) is 2. The van der Waals surface area contributed by atoms with Gasteiger partial charge < -0.3 is 25.4 Å². The zero-order valence-corrected chi connectivity index (χ0v) is 16.2. The molecule has 0 aliphatic heterocycles. The minimum absolute atomic E-state index is 0.659. The molecule has 146 valence electrons. The van der Waals surface area contributed by atoms with Crippen molar-refractivity contribution < 1.29 is 9.47 Å². The highest BCUT2D eigenvalue weighted by Gasteiger charge is 2.20. The molecule has 0 saturated heterocycles. The molecule has 0 radical (unpaired) electrons. The van der Waals surface area contributed by atoms with Gasteiger partial charge in [-0.2, -0.15) is 0 Å². The van der Waals surface area contributed by atoms with E-state index in [1.807, 2.05) is 0 Å². The Hall–Kier alpha value is -1.79. The lowest BCUT2D eigenvalue weighted by Crippen LogP contribution is -2.38. The second-order valence-corrected chi connectivity index (χ2v) is 6.61. The van der Waals surface area contributed by atoms with Gasteiger partial charge in [-0.05, 0) is 49.8 Å². The number of rotatable bonds is 13. The highest BCUT2D eigenvalue weighted by Crippen LogP contribution is 2.28. The minimum Gasteiger partial charge on any atom is -0.383 e. The van der Waals surface area contributed by atoms with Crippen molar-refractivity contribution in [2.75, 3.05) is 51.9 Å². The van der Waals surface area contributed by atoms with Crippen LogP contribution in [0.5, 0.6) is 0 Å². The Kier molecular flexibility index (Phi) is 9.90. The monoisotopic (exact) mass is 362 g/mol. The second-order valence-electron chi connectivity index (χ2n) is 6.61. The van der Waals surface area contributed by atoms with E-state index in [1.54, 1.807) is 7.11 Å². The lowest BCUT2D eigenvalue weighted by atomic mass is 10.2. The molecule has 0 spiro atoms. The topological polar surface area (TPSA) is 66.9 Å². The van der Waals surface area contributed by atoms with Crippen LogP contribution >= 0.6 is 0 Å². The maximum absolute atomic E-state index is 5.66. The molecule has 2 rings (SSSR count). The van der Waals surface area contributed by atoms with Gasteiger partial charge in [0, 0.05) is 45.6 Å². The van der Waals surface area contributed by atoms with Crippen LogP contribution in [0.1, 0.15) is 31.7 Å². The van der Waals surface area contributed by atoms with E-state index in [0.29, 0.717) is 13.2 Å². The number of nitrogens with zero attached hydrogens (tertiary/aromatic N) is 1. The molecular weight excluding hydrogens is 328 g/mol. The predicted molar refractivity (Wildman–Crippen MR) is 108 cm³/mol. The first-order valence-electron chi connectivity index (χ1n) is 9.73. The van der Waals surface area contributed by atoms with E-state index >= 15 is 0 Å². The van der Waals surface area contributed by atoms with Gasteiger partial charge in [0.05, 0.1) is 13.2 Å². The van der Waals surface area contributed by atoms with E-state index in [9.17, 15) is 0 Å². The van der Waals surface area contributed by atoms with Crippen LogP contribution in [0.3, 0.4) is 0 Å². The molecule has 0 bridgehead atoms. The van der Waals surface area contributed by atoms with Crippen LogP contribution in [0.2, 0.25) is 0 Å². The number of aliphatic imine (C=N–C) groups is 1. The summed E-state index contributed by atoms with van der Waals surface area (Å²) in [6.45, 7) is 7.74. The number of benzene rings is 1. The quantitative estimate of drug-likeness (QED) is 0.286. The van der Waals surface area contributed by atoms with Crippen molar-refractivity contribution in [2.45, 2.75) is 32.7 Å². The zero-order valence-electron chi connectivity index (χ0n) is 16.2. The molecule has 0 unspecified atom stereocenters. The largest absolute Gasteiger partial charge is 0.383 e. The average Bonchev–Trinajstić information content (AvgIpc) is 3.48. The molecule has 0 aromatic heterocycles. The molecule has 1 aromatic rings. The maximum atomic E-state index is 5.66. The van der Waals surface area contributed by atoms with Gasteiger partial charge in [0.15, 0.2) is 5.96 Å². The highest BCUT2D eigenvalue weighted by molar-refractivity contribution is 5.79. The first-order chi connectivity index (χ1) is 12.8. The minimum atomic E-state index is 0.659. The van der Waals surface area contributed by atoms with Gasteiger partial charge in [0.1, 0.15) is 0 Å². The van der Waals surface area contributed by atoms with Gasteiger partial charge >= 0.3 is 0 Å². The van der Waals surface area contributed by atoms with Crippen molar-refractivity contribution in [3.05, 3.63) is 29.8 Å². The Morgan fingerprint density at radius 1 is 1.12 bits per heavy atom. The van der Waals surface area contributed by atoms with Gasteiger partial charge in [-0.25, -0.2) is 4.99 Å². The van der Waals surface area contributed by atoms with Crippen LogP contribution in [0.15, 0.2) is 29.3 Å². The maximum Gasteiger partial charge on any atom is 0.191 e. The summed E-state index contributed by atoms with van der Waals surface area (Å²) in [6.07, 6.45) is 3.69. The van der Waals surface area contributed by atoms with E-state index in [1.165, 1.54) is 18.4 Å². The fraction of sp³-hybridized carbons (Fsp3) is 0.650. The van der Waals surface area contributed by atoms with E-state index in [4.69, 9.17) is 9.47 Å². The second kappa shape index (κ2) is 12.5. The molecule has 0 heterocycles. The number of guanidine groups is 1. The normalized spacial score (nSPS) is 14.3. The third kappa shape index (κ3) is 9.06. The van der Waals surface area contributed by atoms with Crippen molar-refractivity contribution in [3.63, 3.8) is 0 Å². The Bertz CT molecular complexity index is 515. The zero-order chi connectivity index (χ0) is 18.5. The van der Waals surface area contributed by atoms with Crippen molar-refractivity contribution in [1.82, 2.24) is 10.6 Å². The SMILES string of the molecule is CCNC(=NCc1ccc(NCCOC)cc1)NCCCOCC1CC1. The summed E-state index contributed by atoms with van der Waals surface area (Å²) in [4.78, 5) is 4.66. The van der Waals surface area contributed by atoms with Crippen LogP contribution in [-0.2, 0) is 16.0 Å². The summed E-state index contributed by atoms with van der Waals surface area (Å²) in [5.41, 5.74) is 2.29. The predicted octanol–water partition coefficient (Wildman–Crippen LogP) is 2.62. The summed E-state index contributed by atoms with van der Waals surface area (Å²) in [7, 11) is 1.71. The summed E-state index contributed by atoms with van der Waals surface area (Å²) in [5.74, 6) is 1.69. The fourth-order valence-corrected chi connectivity index (χ4v) is 2.45. The number of hydrogen-bond donors (Lipinski definition) is 3. The molecule has 0 atom stereocenters.